The third-order valence-corrected chi connectivity index (χ3v) is 6.55. The summed E-state index contributed by atoms with van der Waals surface area (Å²) in [5.74, 6) is 0.316. The Morgan fingerprint density at radius 1 is 1.26 bits per heavy atom. The first-order valence-electron chi connectivity index (χ1n) is 7.37. The van der Waals surface area contributed by atoms with Gasteiger partial charge < -0.3 is 5.32 Å². The summed E-state index contributed by atoms with van der Waals surface area (Å²) in [7, 11) is -3.81. The van der Waals surface area contributed by atoms with Crippen LogP contribution >= 0.6 is 0 Å². The molecule has 2 atom stereocenters. The van der Waals surface area contributed by atoms with Gasteiger partial charge in [-0.2, -0.15) is 4.31 Å². The van der Waals surface area contributed by atoms with Gasteiger partial charge in [-0.15, -0.1) is 0 Å². The Bertz CT molecular complexity index is 855. The second kappa shape index (κ2) is 5.19. The molecule has 4 rings (SSSR count). The van der Waals surface area contributed by atoms with Crippen molar-refractivity contribution < 1.29 is 17.2 Å². The highest BCUT2D eigenvalue weighted by molar-refractivity contribution is 7.89. The molecule has 1 aromatic carbocycles. The number of nitrogens with zero attached hydrogens (tertiary/aromatic N) is 2. The van der Waals surface area contributed by atoms with Crippen molar-refractivity contribution in [1.82, 2.24) is 14.6 Å². The Morgan fingerprint density at radius 2 is 2.09 bits per heavy atom. The van der Waals surface area contributed by atoms with E-state index >= 15 is 0 Å². The summed E-state index contributed by atoms with van der Waals surface area (Å²) in [6, 6.07) is 4.74. The van der Waals surface area contributed by atoms with E-state index in [0.29, 0.717) is 24.4 Å². The van der Waals surface area contributed by atoms with Crippen molar-refractivity contribution in [2.24, 2.45) is 5.92 Å². The molecule has 0 radical (unpaired) electrons. The van der Waals surface area contributed by atoms with E-state index in [-0.39, 0.29) is 21.9 Å². The molecule has 0 spiro atoms. The second-order valence-corrected chi connectivity index (χ2v) is 7.89. The van der Waals surface area contributed by atoms with Crippen molar-refractivity contribution in [3.63, 3.8) is 0 Å². The van der Waals surface area contributed by atoms with E-state index in [4.69, 9.17) is 0 Å². The van der Waals surface area contributed by atoms with Gasteiger partial charge in [-0.3, -0.25) is 4.98 Å². The standard InChI is InChI=1S/C15H15F2N3O2S/c16-15(17)11-6-18-4-9-2-1-3-13(14(9)11)23(21,22)20-7-10-5-19-12(10)8-20/h1-4,6,10,12,15,19H,5,7-8H2/t10-,12+/m1/s1. The first-order chi connectivity index (χ1) is 11.0. The van der Waals surface area contributed by atoms with E-state index in [1.807, 2.05) is 0 Å². The SMILES string of the molecule is O=S(=O)(c1cccc2cncc(C(F)F)c12)N1C[C@H]2CN[C@H]2C1. The molecule has 3 heterocycles. The van der Waals surface area contributed by atoms with E-state index in [9.17, 15) is 17.2 Å². The van der Waals surface area contributed by atoms with Crippen molar-refractivity contribution in [1.29, 1.82) is 0 Å². The maximum atomic E-state index is 13.3. The predicted molar refractivity (Wildman–Crippen MR) is 80.7 cm³/mol. The molecule has 0 unspecified atom stereocenters. The number of nitrogens with one attached hydrogen (secondary N) is 1. The molecule has 0 bridgehead atoms. The fourth-order valence-electron chi connectivity index (χ4n) is 3.35. The lowest BCUT2D eigenvalue weighted by molar-refractivity contribution is 0.152. The summed E-state index contributed by atoms with van der Waals surface area (Å²) in [6.07, 6.45) is -0.324. The van der Waals surface area contributed by atoms with E-state index < -0.39 is 16.4 Å². The molecule has 23 heavy (non-hydrogen) atoms. The van der Waals surface area contributed by atoms with E-state index in [0.717, 1.165) is 12.7 Å². The van der Waals surface area contributed by atoms with Crippen LogP contribution in [0.15, 0.2) is 35.5 Å². The molecule has 5 nitrogen and oxygen atoms in total. The van der Waals surface area contributed by atoms with Gasteiger partial charge in [0, 0.05) is 60.3 Å². The van der Waals surface area contributed by atoms with Crippen LogP contribution in [0.3, 0.4) is 0 Å². The molecule has 0 aliphatic carbocycles. The predicted octanol–water partition coefficient (Wildman–Crippen LogP) is 1.76. The third kappa shape index (κ3) is 2.24. The van der Waals surface area contributed by atoms with Crippen molar-refractivity contribution in [3.05, 3.63) is 36.2 Å². The summed E-state index contributed by atoms with van der Waals surface area (Å²) in [5.41, 5.74) is -0.345. The number of rotatable bonds is 3. The fraction of sp³-hybridized carbons (Fsp3) is 0.400. The zero-order valence-corrected chi connectivity index (χ0v) is 12.9. The Morgan fingerprint density at radius 3 is 2.70 bits per heavy atom. The molecule has 2 aliphatic rings. The molecule has 0 amide bonds. The monoisotopic (exact) mass is 339 g/mol. The van der Waals surface area contributed by atoms with Crippen molar-refractivity contribution in [2.45, 2.75) is 17.4 Å². The van der Waals surface area contributed by atoms with Gasteiger partial charge in [0.15, 0.2) is 0 Å². The van der Waals surface area contributed by atoms with Gasteiger partial charge in [-0.1, -0.05) is 12.1 Å². The number of pyridine rings is 1. The summed E-state index contributed by atoms with van der Waals surface area (Å²) in [4.78, 5) is 3.73. The van der Waals surface area contributed by atoms with Gasteiger partial charge in [0.25, 0.3) is 6.43 Å². The lowest BCUT2D eigenvalue weighted by atomic mass is 9.96. The average molecular weight is 339 g/mol. The van der Waals surface area contributed by atoms with Crippen LogP contribution in [0.2, 0.25) is 0 Å². The van der Waals surface area contributed by atoms with Crippen LogP contribution in [-0.4, -0.2) is 43.4 Å². The third-order valence-electron chi connectivity index (χ3n) is 4.68. The van der Waals surface area contributed by atoms with Gasteiger partial charge in [0.05, 0.1) is 4.90 Å². The van der Waals surface area contributed by atoms with Gasteiger partial charge >= 0.3 is 0 Å². The molecule has 1 N–H and O–H groups in total. The van der Waals surface area contributed by atoms with Gasteiger partial charge in [0.1, 0.15) is 0 Å². The number of hydrogen-bond donors (Lipinski definition) is 1. The van der Waals surface area contributed by atoms with Crippen LogP contribution in [0.1, 0.15) is 12.0 Å². The topological polar surface area (TPSA) is 62.3 Å². The number of aromatic nitrogens is 1. The molecular weight excluding hydrogens is 324 g/mol. The smallest absolute Gasteiger partial charge is 0.265 e. The normalized spacial score (nSPS) is 24.8. The lowest BCUT2D eigenvalue weighted by Gasteiger charge is -2.30. The first-order valence-corrected chi connectivity index (χ1v) is 8.81. The highest BCUT2D eigenvalue weighted by Gasteiger charge is 2.44. The Kier molecular flexibility index (Phi) is 3.36. The molecule has 1 aromatic heterocycles. The highest BCUT2D eigenvalue weighted by atomic mass is 32.2. The van der Waals surface area contributed by atoms with Gasteiger partial charge in [-0.05, 0) is 6.07 Å². The van der Waals surface area contributed by atoms with Crippen LogP contribution in [0.4, 0.5) is 8.78 Å². The minimum absolute atomic E-state index is 0.0611. The zero-order valence-electron chi connectivity index (χ0n) is 12.1. The number of alkyl halides is 2. The summed E-state index contributed by atoms with van der Waals surface area (Å²) < 4.78 is 54.0. The largest absolute Gasteiger partial charge is 0.312 e. The first kappa shape index (κ1) is 14.9. The maximum Gasteiger partial charge on any atom is 0.265 e. The molecule has 0 saturated carbocycles. The Hall–Kier alpha value is -1.64. The summed E-state index contributed by atoms with van der Waals surface area (Å²) in [5, 5.41) is 3.67. The van der Waals surface area contributed by atoms with E-state index in [1.54, 1.807) is 12.1 Å². The van der Waals surface area contributed by atoms with Gasteiger partial charge in [-0.25, -0.2) is 17.2 Å². The zero-order chi connectivity index (χ0) is 16.2. The number of hydrogen-bond acceptors (Lipinski definition) is 4. The molecule has 122 valence electrons. The minimum Gasteiger partial charge on any atom is -0.312 e. The Labute approximate surface area is 132 Å². The maximum absolute atomic E-state index is 13.3. The van der Waals surface area contributed by atoms with Crippen molar-refractivity contribution in [3.8, 4) is 0 Å². The van der Waals surface area contributed by atoms with Crippen molar-refractivity contribution >= 4 is 20.8 Å². The van der Waals surface area contributed by atoms with E-state index in [2.05, 4.69) is 10.3 Å². The number of halogens is 2. The molecule has 2 aromatic rings. The van der Waals surface area contributed by atoms with Crippen LogP contribution in [0.25, 0.3) is 10.8 Å². The van der Waals surface area contributed by atoms with Crippen LogP contribution < -0.4 is 5.32 Å². The molecule has 2 aliphatic heterocycles. The number of fused-ring (bicyclic) bond motifs is 2. The number of benzene rings is 1. The molecule has 8 heteroatoms. The fourth-order valence-corrected chi connectivity index (χ4v) is 5.12. The van der Waals surface area contributed by atoms with E-state index in [1.165, 1.54) is 16.6 Å². The van der Waals surface area contributed by atoms with Crippen LogP contribution in [0, 0.1) is 5.92 Å². The summed E-state index contributed by atoms with van der Waals surface area (Å²) in [6.45, 7) is 1.63. The lowest BCUT2D eigenvalue weighted by Crippen LogP contribution is -2.51. The van der Waals surface area contributed by atoms with Crippen molar-refractivity contribution in [2.75, 3.05) is 19.6 Å². The molecule has 2 fully saturated rings. The second-order valence-electron chi connectivity index (χ2n) is 5.98. The minimum atomic E-state index is -3.81. The highest BCUT2D eigenvalue weighted by Crippen LogP contribution is 2.35. The molecular formula is C15H15F2N3O2S. The molecule has 2 saturated heterocycles. The van der Waals surface area contributed by atoms with Crippen LogP contribution in [0.5, 0.6) is 0 Å². The average Bonchev–Trinajstić information content (AvgIpc) is 2.81. The van der Waals surface area contributed by atoms with Gasteiger partial charge in [0.2, 0.25) is 10.0 Å². The Balaban J connectivity index is 1.88. The quantitative estimate of drug-likeness (QED) is 0.926. The summed E-state index contributed by atoms with van der Waals surface area (Å²) >= 11 is 0. The number of sulfonamides is 1. The van der Waals surface area contributed by atoms with Crippen LogP contribution in [-0.2, 0) is 10.0 Å².